The second kappa shape index (κ2) is 6.06. The quantitative estimate of drug-likeness (QED) is 0.635. The van der Waals surface area contributed by atoms with Crippen LogP contribution in [0.5, 0.6) is 0 Å². The highest BCUT2D eigenvalue weighted by atomic mass is 15.3. The van der Waals surface area contributed by atoms with Gasteiger partial charge in [-0.05, 0) is 30.7 Å². The first-order chi connectivity index (χ1) is 8.98. The van der Waals surface area contributed by atoms with Crippen molar-refractivity contribution in [1.29, 1.82) is 0 Å². The molecule has 1 heterocycles. The molecule has 1 aliphatic rings. The van der Waals surface area contributed by atoms with Gasteiger partial charge >= 0.3 is 0 Å². The summed E-state index contributed by atoms with van der Waals surface area (Å²) in [5.41, 5.74) is 4.37. The fourth-order valence-corrected chi connectivity index (χ4v) is 3.04. The lowest BCUT2D eigenvalue weighted by Crippen LogP contribution is -2.39. The molecule has 0 radical (unpaired) electrons. The number of nitrogens with two attached hydrogens (primary N) is 1. The van der Waals surface area contributed by atoms with Crippen molar-refractivity contribution in [2.75, 3.05) is 0 Å². The van der Waals surface area contributed by atoms with Crippen molar-refractivity contribution < 1.29 is 0 Å². The summed E-state index contributed by atoms with van der Waals surface area (Å²) in [6.45, 7) is 6.73. The standard InChI is InChI=1S/C15H28N4/c1-15(2,3)11-13(17-16)10-12-8-9-19(18-12)14-6-4-5-7-14/h8-9,13-14,17H,4-7,10-11,16H2,1-3H3. The summed E-state index contributed by atoms with van der Waals surface area (Å²) in [6, 6.07) is 3.07. The van der Waals surface area contributed by atoms with Crippen LogP contribution in [0.3, 0.4) is 0 Å². The van der Waals surface area contributed by atoms with Crippen LogP contribution in [-0.2, 0) is 6.42 Å². The molecule has 3 N–H and O–H groups in total. The molecular formula is C15H28N4. The van der Waals surface area contributed by atoms with Crippen LogP contribution in [-0.4, -0.2) is 15.8 Å². The topological polar surface area (TPSA) is 55.9 Å². The molecule has 0 aliphatic heterocycles. The van der Waals surface area contributed by atoms with Gasteiger partial charge in [-0.2, -0.15) is 5.10 Å². The average Bonchev–Trinajstić information content (AvgIpc) is 2.95. The average molecular weight is 264 g/mol. The maximum atomic E-state index is 5.67. The smallest absolute Gasteiger partial charge is 0.0640 e. The summed E-state index contributed by atoms with van der Waals surface area (Å²) in [5, 5.41) is 4.73. The molecule has 0 saturated heterocycles. The Morgan fingerprint density at radius 2 is 2.11 bits per heavy atom. The molecule has 19 heavy (non-hydrogen) atoms. The molecule has 1 fully saturated rings. The van der Waals surface area contributed by atoms with Gasteiger partial charge in [0, 0.05) is 18.7 Å². The van der Waals surface area contributed by atoms with E-state index < -0.39 is 0 Å². The van der Waals surface area contributed by atoms with Crippen molar-refractivity contribution >= 4 is 0 Å². The van der Waals surface area contributed by atoms with Crippen molar-refractivity contribution in [2.45, 2.75) is 71.4 Å². The van der Waals surface area contributed by atoms with E-state index in [4.69, 9.17) is 10.9 Å². The summed E-state index contributed by atoms with van der Waals surface area (Å²) in [4.78, 5) is 0. The molecule has 1 aromatic rings. The largest absolute Gasteiger partial charge is 0.271 e. The van der Waals surface area contributed by atoms with Gasteiger partial charge in [0.1, 0.15) is 0 Å². The van der Waals surface area contributed by atoms with Gasteiger partial charge in [-0.15, -0.1) is 0 Å². The minimum absolute atomic E-state index is 0.283. The van der Waals surface area contributed by atoms with E-state index in [2.05, 4.69) is 43.1 Å². The fraction of sp³-hybridized carbons (Fsp3) is 0.800. The van der Waals surface area contributed by atoms with E-state index in [1.165, 1.54) is 25.7 Å². The molecule has 2 rings (SSSR count). The number of hydrazine groups is 1. The summed E-state index contributed by atoms with van der Waals surface area (Å²) in [7, 11) is 0. The van der Waals surface area contributed by atoms with Crippen LogP contribution in [0, 0.1) is 5.41 Å². The zero-order valence-corrected chi connectivity index (χ0v) is 12.5. The Morgan fingerprint density at radius 3 is 2.68 bits per heavy atom. The molecule has 1 saturated carbocycles. The molecule has 4 heteroatoms. The van der Waals surface area contributed by atoms with Crippen molar-refractivity contribution in [3.05, 3.63) is 18.0 Å². The second-order valence-electron chi connectivity index (χ2n) is 7.06. The van der Waals surface area contributed by atoms with Crippen LogP contribution in [0.4, 0.5) is 0 Å². The Morgan fingerprint density at radius 1 is 1.42 bits per heavy atom. The zero-order chi connectivity index (χ0) is 13.9. The molecule has 0 bridgehead atoms. The van der Waals surface area contributed by atoms with Crippen molar-refractivity contribution in [3.8, 4) is 0 Å². The number of nitrogens with zero attached hydrogens (tertiary/aromatic N) is 2. The Bertz CT molecular complexity index is 385. The van der Waals surface area contributed by atoms with E-state index in [9.17, 15) is 0 Å². The van der Waals surface area contributed by atoms with Crippen LogP contribution in [0.15, 0.2) is 12.3 Å². The molecule has 1 aliphatic carbocycles. The third-order valence-corrected chi connectivity index (χ3v) is 3.91. The highest BCUT2D eigenvalue weighted by Gasteiger charge is 2.21. The molecular weight excluding hydrogens is 236 g/mol. The fourth-order valence-electron chi connectivity index (χ4n) is 3.04. The van der Waals surface area contributed by atoms with Gasteiger partial charge in [0.2, 0.25) is 0 Å². The number of nitrogens with one attached hydrogen (secondary N) is 1. The molecule has 1 atom stereocenters. The summed E-state index contributed by atoms with van der Waals surface area (Å²) >= 11 is 0. The third kappa shape index (κ3) is 4.32. The van der Waals surface area contributed by atoms with Gasteiger partial charge in [-0.25, -0.2) is 0 Å². The number of hydrogen-bond donors (Lipinski definition) is 2. The molecule has 0 spiro atoms. The van der Waals surface area contributed by atoms with Crippen LogP contribution < -0.4 is 11.3 Å². The molecule has 4 nitrogen and oxygen atoms in total. The Kier molecular flexibility index (Phi) is 4.63. The monoisotopic (exact) mass is 264 g/mol. The Balaban J connectivity index is 1.94. The minimum atomic E-state index is 0.283. The van der Waals surface area contributed by atoms with Crippen molar-refractivity contribution in [3.63, 3.8) is 0 Å². The Hall–Kier alpha value is -0.870. The van der Waals surface area contributed by atoms with E-state index >= 15 is 0 Å². The Labute approximate surface area is 116 Å². The maximum absolute atomic E-state index is 5.67. The highest BCUT2D eigenvalue weighted by Crippen LogP contribution is 2.29. The maximum Gasteiger partial charge on any atom is 0.0640 e. The minimum Gasteiger partial charge on any atom is -0.271 e. The predicted octanol–water partition coefficient (Wildman–Crippen LogP) is 2.81. The van der Waals surface area contributed by atoms with E-state index in [1.807, 2.05) is 0 Å². The normalized spacial score (nSPS) is 18.9. The number of hydrogen-bond acceptors (Lipinski definition) is 3. The van der Waals surface area contributed by atoms with Gasteiger partial charge in [0.15, 0.2) is 0 Å². The van der Waals surface area contributed by atoms with Gasteiger partial charge in [0.05, 0.1) is 11.7 Å². The summed E-state index contributed by atoms with van der Waals surface area (Å²) in [6.07, 6.45) is 9.35. The molecule has 108 valence electrons. The summed E-state index contributed by atoms with van der Waals surface area (Å²) in [5.74, 6) is 5.67. The predicted molar refractivity (Wildman–Crippen MR) is 78.6 cm³/mol. The van der Waals surface area contributed by atoms with Gasteiger partial charge in [-0.3, -0.25) is 16.0 Å². The van der Waals surface area contributed by atoms with Crippen LogP contribution in [0.25, 0.3) is 0 Å². The van der Waals surface area contributed by atoms with E-state index in [1.54, 1.807) is 0 Å². The van der Waals surface area contributed by atoms with Crippen molar-refractivity contribution in [1.82, 2.24) is 15.2 Å². The number of rotatable bonds is 5. The van der Waals surface area contributed by atoms with E-state index in [0.29, 0.717) is 12.1 Å². The van der Waals surface area contributed by atoms with Crippen LogP contribution >= 0.6 is 0 Å². The van der Waals surface area contributed by atoms with Crippen LogP contribution in [0.2, 0.25) is 0 Å². The second-order valence-corrected chi connectivity index (χ2v) is 7.06. The van der Waals surface area contributed by atoms with Gasteiger partial charge in [0.25, 0.3) is 0 Å². The highest BCUT2D eigenvalue weighted by molar-refractivity contribution is 5.03. The molecule has 1 aromatic heterocycles. The lowest BCUT2D eigenvalue weighted by Gasteiger charge is -2.24. The summed E-state index contributed by atoms with van der Waals surface area (Å²) < 4.78 is 2.16. The van der Waals surface area contributed by atoms with Gasteiger partial charge in [-0.1, -0.05) is 33.6 Å². The SMILES string of the molecule is CC(C)(C)CC(Cc1ccn(C2CCCC2)n1)NN. The molecule has 0 aromatic carbocycles. The first-order valence-corrected chi connectivity index (χ1v) is 7.48. The molecule has 0 amide bonds. The van der Waals surface area contributed by atoms with E-state index in [-0.39, 0.29) is 5.41 Å². The molecule has 1 unspecified atom stereocenters. The number of aromatic nitrogens is 2. The lowest BCUT2D eigenvalue weighted by atomic mass is 9.87. The van der Waals surface area contributed by atoms with Crippen molar-refractivity contribution in [2.24, 2.45) is 11.3 Å². The first kappa shape index (κ1) is 14.5. The zero-order valence-electron chi connectivity index (χ0n) is 12.5. The van der Waals surface area contributed by atoms with Gasteiger partial charge < -0.3 is 0 Å². The van der Waals surface area contributed by atoms with E-state index in [0.717, 1.165) is 18.5 Å². The van der Waals surface area contributed by atoms with Crippen LogP contribution in [0.1, 0.15) is 64.6 Å². The lowest BCUT2D eigenvalue weighted by molar-refractivity contribution is 0.306. The first-order valence-electron chi connectivity index (χ1n) is 7.48. The third-order valence-electron chi connectivity index (χ3n) is 3.91.